The minimum absolute atomic E-state index is 0. The fraction of sp³-hybridized carbons (Fsp3) is 0.600. The Kier molecular flexibility index (Phi) is 7.70. The molecule has 1 fully saturated rings. The van der Waals surface area contributed by atoms with Crippen molar-refractivity contribution in [3.8, 4) is 0 Å². The van der Waals surface area contributed by atoms with E-state index < -0.39 is 32.1 Å². The normalized spacial score (nSPS) is 17.8. The van der Waals surface area contributed by atoms with Gasteiger partial charge in [0.25, 0.3) is 0 Å². The van der Waals surface area contributed by atoms with Gasteiger partial charge in [-0.15, -0.1) is 12.4 Å². The van der Waals surface area contributed by atoms with Gasteiger partial charge in [0.1, 0.15) is 0 Å². The van der Waals surface area contributed by atoms with Gasteiger partial charge in [-0.3, -0.25) is 0 Å². The van der Waals surface area contributed by atoms with Crippen molar-refractivity contribution in [2.45, 2.75) is 23.9 Å². The molecular formula is C15H22ClF3N2O3S. The number of nitrogens with one attached hydrogen (secondary N) is 2. The highest BCUT2D eigenvalue weighted by atomic mass is 35.5. The lowest BCUT2D eigenvalue weighted by Crippen LogP contribution is -2.47. The van der Waals surface area contributed by atoms with Crippen LogP contribution in [0.2, 0.25) is 0 Å². The predicted octanol–water partition coefficient (Wildman–Crippen LogP) is 2.42. The lowest BCUT2D eigenvalue weighted by atomic mass is 9.80. The van der Waals surface area contributed by atoms with E-state index in [1.54, 1.807) is 0 Å². The Morgan fingerprint density at radius 2 is 1.84 bits per heavy atom. The third-order valence-corrected chi connectivity index (χ3v) is 5.69. The minimum Gasteiger partial charge on any atom is -0.384 e. The maximum atomic E-state index is 13.0. The molecule has 0 aliphatic carbocycles. The van der Waals surface area contributed by atoms with Crippen LogP contribution in [0.25, 0.3) is 0 Å². The highest BCUT2D eigenvalue weighted by Gasteiger charge is 2.38. The van der Waals surface area contributed by atoms with E-state index in [-0.39, 0.29) is 19.0 Å². The molecule has 1 heterocycles. The summed E-state index contributed by atoms with van der Waals surface area (Å²) in [6.45, 7) is 1.81. The quantitative estimate of drug-likeness (QED) is 0.767. The highest BCUT2D eigenvalue weighted by Crippen LogP contribution is 2.34. The van der Waals surface area contributed by atoms with Gasteiger partial charge in [-0.1, -0.05) is 12.1 Å². The Balaban J connectivity index is 0.00000312. The number of benzene rings is 1. The Hall–Kier alpha value is -0.870. The van der Waals surface area contributed by atoms with Crippen LogP contribution in [0.15, 0.2) is 29.2 Å². The number of sulfonamides is 1. The third-order valence-electron chi connectivity index (χ3n) is 4.23. The molecule has 5 nitrogen and oxygen atoms in total. The summed E-state index contributed by atoms with van der Waals surface area (Å²) in [5.74, 6) is 0. The number of rotatable bonds is 6. The maximum Gasteiger partial charge on any atom is 0.417 e. The zero-order valence-electron chi connectivity index (χ0n) is 13.7. The fourth-order valence-electron chi connectivity index (χ4n) is 2.90. The average molecular weight is 403 g/mol. The van der Waals surface area contributed by atoms with Crippen molar-refractivity contribution >= 4 is 22.4 Å². The summed E-state index contributed by atoms with van der Waals surface area (Å²) in [7, 11) is -2.75. The second kappa shape index (κ2) is 8.68. The van der Waals surface area contributed by atoms with Gasteiger partial charge in [-0.2, -0.15) is 13.2 Å². The molecule has 1 aliphatic heterocycles. The summed E-state index contributed by atoms with van der Waals surface area (Å²) >= 11 is 0. The van der Waals surface area contributed by atoms with Crippen LogP contribution in [0, 0.1) is 5.41 Å². The van der Waals surface area contributed by atoms with Gasteiger partial charge < -0.3 is 10.1 Å². The van der Waals surface area contributed by atoms with Crippen molar-refractivity contribution in [3.05, 3.63) is 29.8 Å². The molecule has 0 amide bonds. The van der Waals surface area contributed by atoms with Crippen LogP contribution in [-0.4, -0.2) is 41.8 Å². The second-order valence-corrected chi connectivity index (χ2v) is 7.74. The van der Waals surface area contributed by atoms with Crippen molar-refractivity contribution in [2.75, 3.05) is 33.4 Å². The van der Waals surface area contributed by atoms with Gasteiger partial charge in [-0.25, -0.2) is 13.1 Å². The lowest BCUT2D eigenvalue weighted by Gasteiger charge is -2.37. The van der Waals surface area contributed by atoms with Crippen LogP contribution in [0.4, 0.5) is 13.2 Å². The predicted molar refractivity (Wildman–Crippen MR) is 90.3 cm³/mol. The first-order valence-electron chi connectivity index (χ1n) is 7.56. The van der Waals surface area contributed by atoms with E-state index in [1.807, 2.05) is 0 Å². The van der Waals surface area contributed by atoms with Gasteiger partial charge in [0.2, 0.25) is 10.0 Å². The molecule has 25 heavy (non-hydrogen) atoms. The topological polar surface area (TPSA) is 67.4 Å². The van der Waals surface area contributed by atoms with Crippen molar-refractivity contribution in [1.29, 1.82) is 0 Å². The van der Waals surface area contributed by atoms with E-state index in [9.17, 15) is 21.6 Å². The average Bonchev–Trinajstić information content (AvgIpc) is 2.54. The van der Waals surface area contributed by atoms with E-state index in [0.29, 0.717) is 32.5 Å². The maximum absolute atomic E-state index is 13.0. The molecule has 1 saturated heterocycles. The number of piperidine rings is 1. The van der Waals surface area contributed by atoms with Crippen LogP contribution >= 0.6 is 12.4 Å². The first-order valence-corrected chi connectivity index (χ1v) is 9.04. The molecule has 2 N–H and O–H groups in total. The standard InChI is InChI=1S/C15H21F3N2O3S.ClH/c1-23-11-14(6-8-19-9-7-14)10-20-24(21,22)13-5-3-2-4-12(13)15(16,17)18;/h2-5,19-20H,6-11H2,1H3;1H. The SMILES string of the molecule is COCC1(CNS(=O)(=O)c2ccccc2C(F)(F)F)CCNCC1.Cl. The van der Waals surface area contributed by atoms with Gasteiger partial charge in [0.05, 0.1) is 17.1 Å². The summed E-state index contributed by atoms with van der Waals surface area (Å²) in [6.07, 6.45) is -3.36. The zero-order valence-corrected chi connectivity index (χ0v) is 15.4. The van der Waals surface area contributed by atoms with E-state index in [2.05, 4.69) is 10.0 Å². The summed E-state index contributed by atoms with van der Waals surface area (Å²) in [5.41, 5.74) is -1.58. The molecule has 1 aromatic carbocycles. The lowest BCUT2D eigenvalue weighted by molar-refractivity contribution is -0.139. The molecule has 2 rings (SSSR count). The Labute approximate surface area is 151 Å². The van der Waals surface area contributed by atoms with E-state index >= 15 is 0 Å². The molecule has 144 valence electrons. The monoisotopic (exact) mass is 402 g/mol. The largest absolute Gasteiger partial charge is 0.417 e. The van der Waals surface area contributed by atoms with Crippen LogP contribution < -0.4 is 10.0 Å². The summed E-state index contributed by atoms with van der Waals surface area (Å²) in [6, 6.07) is 4.18. The zero-order chi connectivity index (χ0) is 17.8. The van der Waals surface area contributed by atoms with Crippen LogP contribution in [-0.2, 0) is 20.9 Å². The Bertz CT molecular complexity index is 657. The number of halogens is 4. The number of alkyl halides is 3. The van der Waals surface area contributed by atoms with E-state index in [0.717, 1.165) is 12.1 Å². The van der Waals surface area contributed by atoms with Crippen LogP contribution in [0.5, 0.6) is 0 Å². The molecule has 0 atom stereocenters. The molecule has 0 saturated carbocycles. The molecule has 0 unspecified atom stereocenters. The molecule has 0 spiro atoms. The molecule has 1 aliphatic rings. The summed E-state index contributed by atoms with van der Waals surface area (Å²) < 4.78 is 71.5. The Morgan fingerprint density at radius 1 is 1.24 bits per heavy atom. The van der Waals surface area contributed by atoms with Crippen molar-refractivity contribution in [3.63, 3.8) is 0 Å². The number of ether oxygens (including phenoxy) is 1. The number of methoxy groups -OCH3 is 1. The molecule has 0 aromatic heterocycles. The van der Waals surface area contributed by atoms with E-state index in [1.165, 1.54) is 19.2 Å². The van der Waals surface area contributed by atoms with Crippen molar-refractivity contribution in [1.82, 2.24) is 10.0 Å². The van der Waals surface area contributed by atoms with Crippen LogP contribution in [0.1, 0.15) is 18.4 Å². The van der Waals surface area contributed by atoms with Crippen LogP contribution in [0.3, 0.4) is 0 Å². The summed E-state index contributed by atoms with van der Waals surface area (Å²) in [5, 5.41) is 3.17. The molecule has 0 bridgehead atoms. The molecular weight excluding hydrogens is 381 g/mol. The molecule has 1 aromatic rings. The van der Waals surface area contributed by atoms with Gasteiger partial charge in [0.15, 0.2) is 0 Å². The number of hydrogen-bond acceptors (Lipinski definition) is 4. The van der Waals surface area contributed by atoms with Gasteiger partial charge in [0, 0.05) is 19.1 Å². The third kappa shape index (κ3) is 5.55. The number of hydrogen-bond donors (Lipinski definition) is 2. The first-order chi connectivity index (χ1) is 11.2. The van der Waals surface area contributed by atoms with E-state index in [4.69, 9.17) is 4.74 Å². The van der Waals surface area contributed by atoms with Crippen molar-refractivity contribution in [2.24, 2.45) is 5.41 Å². The molecule has 0 radical (unpaired) electrons. The second-order valence-electron chi connectivity index (χ2n) is 6.00. The highest BCUT2D eigenvalue weighted by molar-refractivity contribution is 7.89. The first kappa shape index (κ1) is 22.2. The minimum atomic E-state index is -4.73. The van der Waals surface area contributed by atoms with Crippen molar-refractivity contribution < 1.29 is 26.3 Å². The Morgan fingerprint density at radius 3 is 2.40 bits per heavy atom. The summed E-state index contributed by atoms with van der Waals surface area (Å²) in [4.78, 5) is -0.751. The fourth-order valence-corrected chi connectivity index (χ4v) is 4.28. The molecule has 10 heteroatoms. The van der Waals surface area contributed by atoms with Gasteiger partial charge in [-0.05, 0) is 38.1 Å². The van der Waals surface area contributed by atoms with Gasteiger partial charge >= 0.3 is 6.18 Å². The smallest absolute Gasteiger partial charge is 0.384 e.